The van der Waals surface area contributed by atoms with Crippen LogP contribution in [0.3, 0.4) is 0 Å². The molecule has 2 nitrogen and oxygen atoms in total. The third-order valence-corrected chi connectivity index (χ3v) is 4.60. The van der Waals surface area contributed by atoms with Crippen LogP contribution in [-0.4, -0.2) is 9.97 Å². The zero-order chi connectivity index (χ0) is 8.84. The summed E-state index contributed by atoms with van der Waals surface area (Å²) in [6.07, 6.45) is 0. The first-order chi connectivity index (χ1) is 6.34. The van der Waals surface area contributed by atoms with E-state index in [2.05, 4.69) is 32.6 Å². The molecule has 5 heteroatoms. The van der Waals surface area contributed by atoms with Gasteiger partial charge in [0.25, 0.3) is 0 Å². The first kappa shape index (κ1) is 8.07. The third kappa shape index (κ3) is 1.18. The Kier molecular flexibility index (Phi) is 1.78. The lowest BCUT2D eigenvalue weighted by molar-refractivity contribution is 1.44. The molecule has 0 N–H and O–H groups in total. The van der Waals surface area contributed by atoms with Gasteiger partial charge in [-0.2, -0.15) is 0 Å². The number of hydrogen-bond donors (Lipinski definition) is 0. The maximum atomic E-state index is 4.43. The summed E-state index contributed by atoms with van der Waals surface area (Å²) in [4.78, 5) is 8.70. The van der Waals surface area contributed by atoms with Crippen molar-refractivity contribution >= 4 is 65.7 Å². The summed E-state index contributed by atoms with van der Waals surface area (Å²) < 4.78 is 3.62. The summed E-state index contributed by atoms with van der Waals surface area (Å²) in [5.74, 6) is 0. The van der Waals surface area contributed by atoms with Crippen molar-refractivity contribution < 1.29 is 0 Å². The Bertz CT molecular complexity index is 584. The van der Waals surface area contributed by atoms with E-state index in [1.54, 1.807) is 22.7 Å². The summed E-state index contributed by atoms with van der Waals surface area (Å²) >= 11 is 5.67. The van der Waals surface area contributed by atoms with E-state index in [4.69, 9.17) is 0 Å². The fourth-order valence-electron chi connectivity index (χ4n) is 1.28. The topological polar surface area (TPSA) is 25.8 Å². The zero-order valence-corrected chi connectivity index (χ0v) is 10.1. The number of halogens is 1. The van der Waals surface area contributed by atoms with Gasteiger partial charge in [0, 0.05) is 0 Å². The van der Waals surface area contributed by atoms with E-state index in [0.29, 0.717) is 0 Å². The van der Waals surface area contributed by atoms with Gasteiger partial charge in [-0.3, -0.25) is 0 Å². The van der Waals surface area contributed by atoms with Crippen LogP contribution in [0, 0.1) is 3.01 Å². The van der Waals surface area contributed by atoms with E-state index in [1.165, 1.54) is 9.40 Å². The molecule has 3 rings (SSSR count). The van der Waals surface area contributed by atoms with Gasteiger partial charge in [-0.1, -0.05) is 0 Å². The van der Waals surface area contributed by atoms with Crippen LogP contribution in [0.2, 0.25) is 0 Å². The lowest BCUT2D eigenvalue weighted by Crippen LogP contribution is -1.69. The van der Waals surface area contributed by atoms with Crippen LogP contribution in [0.15, 0.2) is 17.6 Å². The van der Waals surface area contributed by atoms with Crippen molar-refractivity contribution in [3.05, 3.63) is 20.7 Å². The van der Waals surface area contributed by atoms with Gasteiger partial charge in [0.1, 0.15) is 0 Å². The number of benzene rings is 1. The van der Waals surface area contributed by atoms with Gasteiger partial charge >= 0.3 is 0 Å². The minimum atomic E-state index is 1.08. The first-order valence-corrected chi connectivity index (χ1v) is 6.40. The Morgan fingerprint density at radius 1 is 1.15 bits per heavy atom. The summed E-state index contributed by atoms with van der Waals surface area (Å²) in [6, 6.07) is 4.07. The number of nitrogens with zero attached hydrogens (tertiary/aromatic N) is 2. The summed E-state index contributed by atoms with van der Waals surface area (Å²) in [5.41, 5.74) is 4.06. The van der Waals surface area contributed by atoms with Crippen molar-refractivity contribution in [2.24, 2.45) is 0 Å². The van der Waals surface area contributed by atoms with Gasteiger partial charge in [-0.25, -0.2) is 9.97 Å². The van der Waals surface area contributed by atoms with Gasteiger partial charge in [-0.05, 0) is 34.7 Å². The molecule has 0 spiro atoms. The normalized spacial score (nSPS) is 11.5. The molecule has 0 aliphatic carbocycles. The van der Waals surface area contributed by atoms with Gasteiger partial charge in [-0.15, -0.1) is 22.7 Å². The second-order valence-corrected chi connectivity index (χ2v) is 6.19. The van der Waals surface area contributed by atoms with Crippen LogP contribution in [0.4, 0.5) is 0 Å². The Morgan fingerprint density at radius 2 is 2.00 bits per heavy atom. The minimum absolute atomic E-state index is 1.08. The molecule has 0 saturated heterocycles. The summed E-state index contributed by atoms with van der Waals surface area (Å²) in [6.45, 7) is 0. The van der Waals surface area contributed by atoms with E-state index < -0.39 is 0 Å². The average Bonchev–Trinajstić information content (AvgIpc) is 2.65. The second kappa shape index (κ2) is 2.86. The molecular weight excluding hydrogens is 315 g/mol. The monoisotopic (exact) mass is 318 g/mol. The number of aromatic nitrogens is 2. The molecule has 0 saturated carbocycles. The molecule has 0 unspecified atom stereocenters. The number of fused-ring (bicyclic) bond motifs is 3. The van der Waals surface area contributed by atoms with Crippen LogP contribution >= 0.6 is 45.3 Å². The molecule has 0 bridgehead atoms. The predicted octanol–water partition coefficient (Wildman–Crippen LogP) is 3.51. The fourth-order valence-corrected chi connectivity index (χ4v) is 3.92. The van der Waals surface area contributed by atoms with E-state index in [0.717, 1.165) is 14.0 Å². The lowest BCUT2D eigenvalue weighted by Gasteiger charge is -1.87. The summed E-state index contributed by atoms with van der Waals surface area (Å²) in [5, 5.41) is 0. The molecule has 0 aliphatic rings. The van der Waals surface area contributed by atoms with Crippen molar-refractivity contribution in [1.29, 1.82) is 0 Å². The molecule has 2 aromatic heterocycles. The molecule has 0 fully saturated rings. The smallest absolute Gasteiger partial charge is 0.155 e. The van der Waals surface area contributed by atoms with E-state index in [1.807, 2.05) is 17.6 Å². The molecule has 0 amide bonds. The quantitative estimate of drug-likeness (QED) is 0.593. The SMILES string of the molecule is Ic1nc2ccc3ncsc3c2s1. The molecule has 64 valence electrons. The molecule has 13 heavy (non-hydrogen) atoms. The third-order valence-electron chi connectivity index (χ3n) is 1.83. The van der Waals surface area contributed by atoms with Gasteiger partial charge < -0.3 is 0 Å². The zero-order valence-electron chi connectivity index (χ0n) is 6.32. The Labute approximate surface area is 95.8 Å². The maximum absolute atomic E-state index is 4.43. The molecule has 2 heterocycles. The van der Waals surface area contributed by atoms with E-state index in [9.17, 15) is 0 Å². The number of hydrogen-bond acceptors (Lipinski definition) is 4. The first-order valence-electron chi connectivity index (χ1n) is 3.63. The van der Waals surface area contributed by atoms with Crippen molar-refractivity contribution in [3.8, 4) is 0 Å². The van der Waals surface area contributed by atoms with E-state index >= 15 is 0 Å². The Balaban J connectivity index is 2.64. The molecule has 3 aromatic rings. The highest BCUT2D eigenvalue weighted by Gasteiger charge is 2.06. The number of rotatable bonds is 0. The highest BCUT2D eigenvalue weighted by atomic mass is 127. The van der Waals surface area contributed by atoms with Gasteiger partial charge in [0.2, 0.25) is 0 Å². The standard InChI is InChI=1S/C8H3IN2S2/c9-8-11-5-2-1-4-6(7(5)13-8)12-3-10-4/h1-3H. The fraction of sp³-hybridized carbons (Fsp3) is 0. The van der Waals surface area contributed by atoms with Crippen molar-refractivity contribution in [2.45, 2.75) is 0 Å². The lowest BCUT2D eigenvalue weighted by atomic mass is 10.3. The minimum Gasteiger partial charge on any atom is -0.245 e. The Morgan fingerprint density at radius 3 is 2.92 bits per heavy atom. The predicted molar refractivity (Wildman–Crippen MR) is 65.5 cm³/mol. The van der Waals surface area contributed by atoms with Crippen molar-refractivity contribution in [3.63, 3.8) is 0 Å². The summed E-state index contributed by atoms with van der Waals surface area (Å²) in [7, 11) is 0. The van der Waals surface area contributed by atoms with Gasteiger partial charge in [0.15, 0.2) is 3.01 Å². The molecule has 0 radical (unpaired) electrons. The average molecular weight is 318 g/mol. The Hall–Kier alpha value is -0.270. The van der Waals surface area contributed by atoms with Crippen molar-refractivity contribution in [2.75, 3.05) is 0 Å². The van der Waals surface area contributed by atoms with Gasteiger partial charge in [0.05, 0.1) is 25.9 Å². The molecule has 0 atom stereocenters. The van der Waals surface area contributed by atoms with Crippen LogP contribution in [0.25, 0.3) is 20.4 Å². The van der Waals surface area contributed by atoms with E-state index in [-0.39, 0.29) is 0 Å². The molecule has 1 aromatic carbocycles. The molecular formula is C8H3IN2S2. The van der Waals surface area contributed by atoms with Crippen LogP contribution in [0.1, 0.15) is 0 Å². The van der Waals surface area contributed by atoms with Crippen LogP contribution in [-0.2, 0) is 0 Å². The highest BCUT2D eigenvalue weighted by molar-refractivity contribution is 14.1. The maximum Gasteiger partial charge on any atom is 0.155 e. The molecule has 0 aliphatic heterocycles. The largest absolute Gasteiger partial charge is 0.245 e. The second-order valence-electron chi connectivity index (χ2n) is 2.58. The van der Waals surface area contributed by atoms with Crippen molar-refractivity contribution in [1.82, 2.24) is 9.97 Å². The number of thiazole rings is 2. The van der Waals surface area contributed by atoms with Crippen LogP contribution in [0.5, 0.6) is 0 Å². The highest BCUT2D eigenvalue weighted by Crippen LogP contribution is 2.32. The van der Waals surface area contributed by atoms with Crippen LogP contribution < -0.4 is 0 Å².